The Bertz CT molecular complexity index is 234. The third kappa shape index (κ3) is 3.70. The molecule has 1 unspecified atom stereocenters. The number of piperidine rings is 1. The lowest BCUT2D eigenvalue weighted by molar-refractivity contribution is -0.144. The highest BCUT2D eigenvalue weighted by atomic mass is 19.4. The molecule has 1 heterocycles. The van der Waals surface area contributed by atoms with Crippen molar-refractivity contribution in [2.45, 2.75) is 25.9 Å². The molecule has 0 aromatic rings. The Morgan fingerprint density at radius 1 is 1.53 bits per heavy atom. The van der Waals surface area contributed by atoms with Gasteiger partial charge in [-0.2, -0.15) is 13.2 Å². The molecule has 0 aromatic carbocycles. The minimum Gasteiger partial charge on any atom is -0.346 e. The van der Waals surface area contributed by atoms with Crippen LogP contribution in [0.3, 0.4) is 0 Å². The molecule has 1 rings (SSSR count). The number of nitrogens with one attached hydrogen (secondary N) is 2. The van der Waals surface area contributed by atoms with E-state index in [0.29, 0.717) is 13.0 Å². The van der Waals surface area contributed by atoms with Crippen LogP contribution >= 0.6 is 0 Å². The molecule has 1 atom stereocenters. The summed E-state index contributed by atoms with van der Waals surface area (Å²) in [6.45, 7) is 1.70. The van der Waals surface area contributed by atoms with Crippen LogP contribution in [0.15, 0.2) is 0 Å². The van der Waals surface area contributed by atoms with Gasteiger partial charge in [0.15, 0.2) is 0 Å². The first-order chi connectivity index (χ1) is 6.83. The summed E-state index contributed by atoms with van der Waals surface area (Å²) in [5, 5.41) is 4.94. The zero-order valence-electron chi connectivity index (χ0n) is 8.58. The molecule has 0 bridgehead atoms. The van der Waals surface area contributed by atoms with Gasteiger partial charge in [-0.3, -0.25) is 4.79 Å². The number of hydrogen-bond acceptors (Lipinski definition) is 2. The Morgan fingerprint density at radius 2 is 2.20 bits per heavy atom. The van der Waals surface area contributed by atoms with E-state index in [-0.39, 0.29) is 0 Å². The Balaban J connectivity index is 2.45. The van der Waals surface area contributed by atoms with Crippen LogP contribution in [0, 0.1) is 5.41 Å². The number of halogens is 3. The first-order valence-electron chi connectivity index (χ1n) is 4.89. The van der Waals surface area contributed by atoms with Gasteiger partial charge in [-0.15, -0.1) is 0 Å². The molecule has 0 aliphatic carbocycles. The maximum Gasteiger partial charge on any atom is 0.405 e. The molecule has 1 saturated heterocycles. The summed E-state index contributed by atoms with van der Waals surface area (Å²) in [5.41, 5.74) is -0.705. The van der Waals surface area contributed by atoms with Crippen molar-refractivity contribution < 1.29 is 18.0 Å². The van der Waals surface area contributed by atoms with Gasteiger partial charge in [0.2, 0.25) is 5.91 Å². The second-order valence-electron chi connectivity index (χ2n) is 4.14. The molecule has 3 nitrogen and oxygen atoms in total. The molecule has 0 radical (unpaired) electrons. The van der Waals surface area contributed by atoms with Crippen molar-refractivity contribution in [1.29, 1.82) is 0 Å². The van der Waals surface area contributed by atoms with E-state index in [9.17, 15) is 18.0 Å². The smallest absolute Gasteiger partial charge is 0.346 e. The highest BCUT2D eigenvalue weighted by Gasteiger charge is 2.37. The number of rotatable bonds is 2. The van der Waals surface area contributed by atoms with Crippen LogP contribution in [0.2, 0.25) is 0 Å². The number of hydrogen-bond donors (Lipinski definition) is 2. The minimum absolute atomic E-state index is 0.441. The molecule has 1 fully saturated rings. The summed E-state index contributed by atoms with van der Waals surface area (Å²) in [4.78, 5) is 11.5. The van der Waals surface area contributed by atoms with E-state index in [1.807, 2.05) is 5.32 Å². The fraction of sp³-hybridized carbons (Fsp3) is 0.889. The van der Waals surface area contributed by atoms with Crippen molar-refractivity contribution in [3.63, 3.8) is 0 Å². The highest BCUT2D eigenvalue weighted by Crippen LogP contribution is 2.25. The van der Waals surface area contributed by atoms with Crippen molar-refractivity contribution in [1.82, 2.24) is 10.6 Å². The number of alkyl halides is 3. The van der Waals surface area contributed by atoms with Crippen LogP contribution in [0.4, 0.5) is 13.2 Å². The molecular formula is C9H15F3N2O. The molecule has 0 spiro atoms. The molecule has 1 amide bonds. The lowest BCUT2D eigenvalue weighted by atomic mass is 9.82. The molecule has 6 heteroatoms. The van der Waals surface area contributed by atoms with Crippen molar-refractivity contribution in [2.75, 3.05) is 19.6 Å². The second-order valence-corrected chi connectivity index (χ2v) is 4.14. The van der Waals surface area contributed by atoms with Gasteiger partial charge >= 0.3 is 6.18 Å². The summed E-state index contributed by atoms with van der Waals surface area (Å²) in [5.74, 6) is -0.521. The summed E-state index contributed by atoms with van der Waals surface area (Å²) >= 11 is 0. The van der Waals surface area contributed by atoms with E-state index in [2.05, 4.69) is 5.32 Å². The van der Waals surface area contributed by atoms with Crippen molar-refractivity contribution in [2.24, 2.45) is 5.41 Å². The maximum absolute atomic E-state index is 11.9. The average Bonchev–Trinajstić information content (AvgIpc) is 2.14. The predicted molar refractivity (Wildman–Crippen MR) is 49.3 cm³/mol. The minimum atomic E-state index is -4.34. The summed E-state index contributed by atoms with van der Waals surface area (Å²) < 4.78 is 35.6. The van der Waals surface area contributed by atoms with Crippen LogP contribution < -0.4 is 10.6 Å². The fourth-order valence-electron chi connectivity index (χ4n) is 1.64. The standard InChI is InChI=1S/C9H15F3N2O/c1-8(3-2-4-13-5-8)7(15)14-6-9(10,11)12/h13H,2-6H2,1H3,(H,14,15). The first kappa shape index (κ1) is 12.3. The molecule has 1 aliphatic heterocycles. The van der Waals surface area contributed by atoms with Crippen molar-refractivity contribution in [3.8, 4) is 0 Å². The molecular weight excluding hydrogens is 209 g/mol. The summed E-state index contributed by atoms with van der Waals surface area (Å²) in [6, 6.07) is 0. The summed E-state index contributed by atoms with van der Waals surface area (Å²) in [7, 11) is 0. The van der Waals surface area contributed by atoms with E-state index in [4.69, 9.17) is 0 Å². The van der Waals surface area contributed by atoms with Gasteiger partial charge in [-0.1, -0.05) is 0 Å². The fourth-order valence-corrected chi connectivity index (χ4v) is 1.64. The molecule has 2 N–H and O–H groups in total. The van der Waals surface area contributed by atoms with Crippen LogP contribution in [-0.2, 0) is 4.79 Å². The van der Waals surface area contributed by atoms with E-state index in [0.717, 1.165) is 13.0 Å². The molecule has 15 heavy (non-hydrogen) atoms. The topological polar surface area (TPSA) is 41.1 Å². The zero-order chi connectivity index (χ0) is 11.5. The third-order valence-electron chi connectivity index (χ3n) is 2.59. The average molecular weight is 224 g/mol. The van der Waals surface area contributed by atoms with Gasteiger partial charge in [-0.25, -0.2) is 0 Å². The Labute approximate surface area is 86.4 Å². The van der Waals surface area contributed by atoms with Gasteiger partial charge in [0.25, 0.3) is 0 Å². The molecule has 0 saturated carbocycles. The predicted octanol–water partition coefficient (Wildman–Crippen LogP) is 1.05. The van der Waals surface area contributed by atoms with Gasteiger partial charge < -0.3 is 10.6 Å². The monoisotopic (exact) mass is 224 g/mol. The van der Waals surface area contributed by atoms with Crippen molar-refractivity contribution in [3.05, 3.63) is 0 Å². The van der Waals surface area contributed by atoms with Crippen LogP contribution in [0.5, 0.6) is 0 Å². The SMILES string of the molecule is CC1(C(=O)NCC(F)(F)F)CCCNC1. The Hall–Kier alpha value is -0.780. The summed E-state index contributed by atoms with van der Waals surface area (Å²) in [6.07, 6.45) is -2.90. The van der Waals surface area contributed by atoms with E-state index >= 15 is 0 Å². The normalized spacial score (nSPS) is 27.5. The molecule has 1 aliphatic rings. The Kier molecular flexibility index (Phi) is 3.59. The molecule has 0 aromatic heterocycles. The second kappa shape index (κ2) is 4.38. The maximum atomic E-state index is 11.9. The number of amides is 1. The first-order valence-corrected chi connectivity index (χ1v) is 4.89. The molecule has 88 valence electrons. The lowest BCUT2D eigenvalue weighted by Crippen LogP contribution is -2.50. The van der Waals surface area contributed by atoms with E-state index < -0.39 is 24.0 Å². The zero-order valence-corrected chi connectivity index (χ0v) is 8.58. The Morgan fingerprint density at radius 3 is 2.67 bits per heavy atom. The van der Waals surface area contributed by atoms with Crippen LogP contribution in [0.1, 0.15) is 19.8 Å². The van der Waals surface area contributed by atoms with Crippen molar-refractivity contribution >= 4 is 5.91 Å². The number of carbonyl (C=O) groups excluding carboxylic acids is 1. The highest BCUT2D eigenvalue weighted by molar-refractivity contribution is 5.82. The van der Waals surface area contributed by atoms with Gasteiger partial charge in [-0.05, 0) is 26.3 Å². The quantitative estimate of drug-likeness (QED) is 0.736. The lowest BCUT2D eigenvalue weighted by Gasteiger charge is -2.32. The van der Waals surface area contributed by atoms with Gasteiger partial charge in [0.1, 0.15) is 6.54 Å². The third-order valence-corrected chi connectivity index (χ3v) is 2.59. The van der Waals surface area contributed by atoms with E-state index in [1.165, 1.54) is 0 Å². The van der Waals surface area contributed by atoms with Crippen LogP contribution in [0.25, 0.3) is 0 Å². The van der Waals surface area contributed by atoms with Crippen LogP contribution in [-0.4, -0.2) is 31.7 Å². The van der Waals surface area contributed by atoms with Gasteiger partial charge in [0, 0.05) is 6.54 Å². The number of carbonyl (C=O) groups is 1. The van der Waals surface area contributed by atoms with E-state index in [1.54, 1.807) is 6.92 Å². The largest absolute Gasteiger partial charge is 0.405 e. The van der Waals surface area contributed by atoms with Gasteiger partial charge in [0.05, 0.1) is 5.41 Å².